The number of benzene rings is 2. The minimum atomic E-state index is -3.86. The van der Waals surface area contributed by atoms with E-state index in [9.17, 15) is 13.5 Å². The average Bonchev–Trinajstić information content (AvgIpc) is 3.02. The van der Waals surface area contributed by atoms with Crippen molar-refractivity contribution in [1.82, 2.24) is 14.8 Å². The van der Waals surface area contributed by atoms with E-state index >= 15 is 0 Å². The number of sulfonamides is 1. The smallest absolute Gasteiger partial charge is 0.265 e. The molecule has 0 aliphatic carbocycles. The fourth-order valence-electron chi connectivity index (χ4n) is 3.95. The van der Waals surface area contributed by atoms with Crippen molar-refractivity contribution >= 4 is 27.4 Å². The van der Waals surface area contributed by atoms with E-state index in [1.54, 1.807) is 48.7 Å². The minimum absolute atomic E-state index is 0.0469. The summed E-state index contributed by atoms with van der Waals surface area (Å²) in [6.07, 6.45) is 1.82. The van der Waals surface area contributed by atoms with Gasteiger partial charge in [0.1, 0.15) is 5.69 Å². The van der Waals surface area contributed by atoms with Gasteiger partial charge in [-0.1, -0.05) is 35.4 Å². The van der Waals surface area contributed by atoms with Gasteiger partial charge in [-0.15, -0.1) is 0 Å². The van der Waals surface area contributed by atoms with E-state index in [1.165, 1.54) is 8.99 Å². The van der Waals surface area contributed by atoms with Crippen LogP contribution in [0.3, 0.4) is 0 Å². The summed E-state index contributed by atoms with van der Waals surface area (Å²) in [6.45, 7) is 3.91. The predicted molar refractivity (Wildman–Crippen MR) is 128 cm³/mol. The maximum absolute atomic E-state index is 13.5. The molecule has 4 aromatic rings. The van der Waals surface area contributed by atoms with Gasteiger partial charge in [-0.3, -0.25) is 0 Å². The van der Waals surface area contributed by atoms with E-state index in [0.29, 0.717) is 27.5 Å². The molecule has 0 radical (unpaired) electrons. The fourth-order valence-corrected chi connectivity index (χ4v) is 5.57. The number of hydrogen-bond donors (Lipinski definition) is 1. The molecule has 7 nitrogen and oxygen atoms in total. The molecule has 0 bridgehead atoms. The molecule has 3 heterocycles. The predicted octanol–water partition coefficient (Wildman–Crippen LogP) is 4.66. The lowest BCUT2D eigenvalue weighted by atomic mass is 10.1. The molecule has 2 aromatic carbocycles. The summed E-state index contributed by atoms with van der Waals surface area (Å²) in [5.41, 5.74) is 4.09. The molecule has 33 heavy (non-hydrogen) atoms. The zero-order chi connectivity index (χ0) is 23.3. The van der Waals surface area contributed by atoms with Crippen molar-refractivity contribution in [1.29, 1.82) is 0 Å². The van der Waals surface area contributed by atoms with E-state index in [-0.39, 0.29) is 29.6 Å². The van der Waals surface area contributed by atoms with Crippen LogP contribution in [0.25, 0.3) is 16.9 Å². The molecule has 9 heteroatoms. The second-order valence-electron chi connectivity index (χ2n) is 8.01. The number of aromatic hydroxyl groups is 1. The molecular weight excluding hydrogens is 460 g/mol. The summed E-state index contributed by atoms with van der Waals surface area (Å²) in [5.74, 6) is 0.234. The van der Waals surface area contributed by atoms with Gasteiger partial charge in [0, 0.05) is 28.9 Å². The van der Waals surface area contributed by atoms with Crippen molar-refractivity contribution < 1.29 is 13.5 Å². The fraction of sp³-hybridized carbons (Fsp3) is 0.167. The summed E-state index contributed by atoms with van der Waals surface area (Å²) >= 11 is 6.28. The van der Waals surface area contributed by atoms with E-state index in [4.69, 9.17) is 11.6 Å². The molecule has 1 aliphatic rings. The zero-order valence-electron chi connectivity index (χ0n) is 18.0. The van der Waals surface area contributed by atoms with Crippen molar-refractivity contribution in [2.75, 3.05) is 10.8 Å². The number of pyridine rings is 1. The highest BCUT2D eigenvalue weighted by Gasteiger charge is 2.34. The Hall–Kier alpha value is -3.36. The number of aromatic nitrogens is 3. The first kappa shape index (κ1) is 21.5. The van der Waals surface area contributed by atoms with Gasteiger partial charge in [0.2, 0.25) is 5.88 Å². The standard InChI is InChI=1S/C24H21ClN4O3S/c1-15-5-9-18(10-6-15)33(31,32)28-13-11-20-22(19-4-3-12-26-23(19)28)27-29(24(20)30)17-8-7-16(2)21(25)14-17/h3-10,12,14,30H,11,13H2,1-2H3. The van der Waals surface area contributed by atoms with Crippen molar-refractivity contribution in [3.63, 3.8) is 0 Å². The van der Waals surface area contributed by atoms with Gasteiger partial charge in [-0.25, -0.2) is 22.4 Å². The lowest BCUT2D eigenvalue weighted by Gasteiger charge is -2.23. The molecule has 0 amide bonds. The third kappa shape index (κ3) is 3.55. The Morgan fingerprint density at radius 3 is 2.55 bits per heavy atom. The highest BCUT2D eigenvalue weighted by molar-refractivity contribution is 7.92. The molecule has 168 valence electrons. The van der Waals surface area contributed by atoms with E-state index in [2.05, 4.69) is 10.1 Å². The van der Waals surface area contributed by atoms with Gasteiger partial charge < -0.3 is 5.11 Å². The Morgan fingerprint density at radius 2 is 1.82 bits per heavy atom. The van der Waals surface area contributed by atoms with E-state index in [0.717, 1.165) is 11.1 Å². The quantitative estimate of drug-likeness (QED) is 0.460. The van der Waals surface area contributed by atoms with Crippen LogP contribution in [0.15, 0.2) is 65.7 Å². The molecule has 2 aromatic heterocycles. The van der Waals surface area contributed by atoms with Crippen LogP contribution < -0.4 is 4.31 Å². The van der Waals surface area contributed by atoms with Gasteiger partial charge in [0.05, 0.1) is 10.6 Å². The average molecular weight is 481 g/mol. The lowest BCUT2D eigenvalue weighted by molar-refractivity contribution is 0.428. The van der Waals surface area contributed by atoms with Crippen molar-refractivity contribution in [3.8, 4) is 22.8 Å². The first-order valence-corrected chi connectivity index (χ1v) is 12.2. The Balaban J connectivity index is 1.65. The van der Waals surface area contributed by atoms with Crippen LogP contribution in [0.5, 0.6) is 5.88 Å². The van der Waals surface area contributed by atoms with Crippen molar-refractivity contribution in [2.24, 2.45) is 0 Å². The number of rotatable bonds is 3. The highest BCUT2D eigenvalue weighted by Crippen LogP contribution is 2.40. The second kappa shape index (κ2) is 7.90. The van der Waals surface area contributed by atoms with Gasteiger partial charge in [0.15, 0.2) is 5.82 Å². The third-order valence-electron chi connectivity index (χ3n) is 5.81. The molecule has 1 aliphatic heterocycles. The monoisotopic (exact) mass is 480 g/mol. The van der Waals surface area contributed by atoms with Crippen LogP contribution in [0.4, 0.5) is 5.82 Å². The molecule has 1 N–H and O–H groups in total. The van der Waals surface area contributed by atoms with Crippen molar-refractivity contribution in [2.45, 2.75) is 25.2 Å². The number of halogens is 1. The summed E-state index contributed by atoms with van der Waals surface area (Å²) < 4.78 is 29.7. The van der Waals surface area contributed by atoms with Crippen LogP contribution in [-0.4, -0.2) is 34.8 Å². The Labute approximate surface area is 197 Å². The number of anilines is 1. The Kier molecular flexibility index (Phi) is 5.14. The van der Waals surface area contributed by atoms with Crippen LogP contribution in [0.2, 0.25) is 5.02 Å². The first-order chi connectivity index (χ1) is 15.8. The number of nitrogens with zero attached hydrogens (tertiary/aromatic N) is 4. The Morgan fingerprint density at radius 1 is 1.06 bits per heavy atom. The lowest BCUT2D eigenvalue weighted by Crippen LogP contribution is -2.33. The summed E-state index contributed by atoms with van der Waals surface area (Å²) in [7, 11) is -3.86. The number of fused-ring (bicyclic) bond motifs is 3. The second-order valence-corrected chi connectivity index (χ2v) is 10.3. The zero-order valence-corrected chi connectivity index (χ0v) is 19.6. The number of hydrogen-bond acceptors (Lipinski definition) is 5. The molecule has 0 unspecified atom stereocenters. The van der Waals surface area contributed by atoms with Crippen LogP contribution in [0, 0.1) is 13.8 Å². The van der Waals surface area contributed by atoms with Crippen molar-refractivity contribution in [3.05, 3.63) is 82.5 Å². The maximum Gasteiger partial charge on any atom is 0.265 e. The molecular formula is C24H21ClN4O3S. The van der Waals surface area contributed by atoms with Crippen LogP contribution in [0.1, 0.15) is 16.7 Å². The van der Waals surface area contributed by atoms with Gasteiger partial charge in [-0.05, 0) is 62.2 Å². The largest absolute Gasteiger partial charge is 0.493 e. The van der Waals surface area contributed by atoms with Gasteiger partial charge in [-0.2, -0.15) is 5.10 Å². The third-order valence-corrected chi connectivity index (χ3v) is 8.02. The van der Waals surface area contributed by atoms with Gasteiger partial charge >= 0.3 is 0 Å². The number of aryl methyl sites for hydroxylation is 2. The molecule has 0 saturated carbocycles. The first-order valence-electron chi connectivity index (χ1n) is 10.4. The topological polar surface area (TPSA) is 88.3 Å². The minimum Gasteiger partial charge on any atom is -0.493 e. The molecule has 5 rings (SSSR count). The Bertz CT molecular complexity index is 1480. The summed E-state index contributed by atoms with van der Waals surface area (Å²) in [4.78, 5) is 4.59. The van der Waals surface area contributed by atoms with Gasteiger partial charge in [0.25, 0.3) is 10.0 Å². The highest BCUT2D eigenvalue weighted by atomic mass is 35.5. The normalized spacial score (nSPS) is 13.4. The SMILES string of the molecule is Cc1ccc(S(=O)(=O)N2CCc3c(nn(-c4ccc(C)c(Cl)c4)c3O)-c3cccnc32)cc1. The van der Waals surface area contributed by atoms with E-state index in [1.807, 2.05) is 26.0 Å². The molecule has 0 fully saturated rings. The van der Waals surface area contributed by atoms with E-state index < -0.39 is 10.0 Å². The summed E-state index contributed by atoms with van der Waals surface area (Å²) in [5, 5.41) is 16.2. The molecule has 0 spiro atoms. The molecule has 0 saturated heterocycles. The van der Waals surface area contributed by atoms with Crippen LogP contribution in [-0.2, 0) is 16.4 Å². The summed E-state index contributed by atoms with van der Waals surface area (Å²) in [6, 6.07) is 15.6. The molecule has 0 atom stereocenters. The van der Waals surface area contributed by atoms with Crippen LogP contribution >= 0.6 is 11.6 Å². The maximum atomic E-state index is 13.5.